The number of carbonyl (C=O) groups is 1. The summed E-state index contributed by atoms with van der Waals surface area (Å²) in [5.74, 6) is -0.286. The van der Waals surface area contributed by atoms with Crippen molar-refractivity contribution in [3.8, 4) is 0 Å². The summed E-state index contributed by atoms with van der Waals surface area (Å²) >= 11 is 0. The van der Waals surface area contributed by atoms with E-state index >= 15 is 0 Å². The fourth-order valence-corrected chi connectivity index (χ4v) is 2.50. The van der Waals surface area contributed by atoms with Crippen molar-refractivity contribution in [1.82, 2.24) is 0 Å². The Kier molecular flexibility index (Phi) is 4.00. The van der Waals surface area contributed by atoms with Gasteiger partial charge < -0.3 is 9.47 Å². The SMILES string of the molecule is [B][C@@H]1O[C@H](CC)[C@@H](C)[C@@]1(C)OC(=O)c1ccccc1. The molecule has 0 spiro atoms. The molecule has 1 aliphatic heterocycles. The monoisotopic (exact) mass is 258 g/mol. The summed E-state index contributed by atoms with van der Waals surface area (Å²) in [7, 11) is 6.00. The Morgan fingerprint density at radius 2 is 2.05 bits per heavy atom. The van der Waals surface area contributed by atoms with Gasteiger partial charge in [-0.05, 0) is 25.5 Å². The third-order valence-electron chi connectivity index (χ3n) is 4.07. The molecular formula is C15H19BO3. The van der Waals surface area contributed by atoms with Crippen LogP contribution < -0.4 is 0 Å². The summed E-state index contributed by atoms with van der Waals surface area (Å²) in [4.78, 5) is 12.2. The van der Waals surface area contributed by atoms with Crippen molar-refractivity contribution in [1.29, 1.82) is 0 Å². The Labute approximate surface area is 115 Å². The van der Waals surface area contributed by atoms with E-state index < -0.39 is 11.6 Å². The maximum absolute atomic E-state index is 12.2. The normalized spacial score (nSPS) is 34.2. The van der Waals surface area contributed by atoms with Crippen molar-refractivity contribution in [3.63, 3.8) is 0 Å². The van der Waals surface area contributed by atoms with Crippen molar-refractivity contribution in [2.24, 2.45) is 5.92 Å². The Balaban J connectivity index is 2.15. The molecular weight excluding hydrogens is 239 g/mol. The molecule has 0 N–H and O–H groups in total. The van der Waals surface area contributed by atoms with Gasteiger partial charge in [0.05, 0.1) is 17.7 Å². The van der Waals surface area contributed by atoms with E-state index in [0.717, 1.165) is 6.42 Å². The molecule has 0 aliphatic carbocycles. The minimum atomic E-state index is -0.784. The maximum Gasteiger partial charge on any atom is 0.338 e. The summed E-state index contributed by atoms with van der Waals surface area (Å²) in [6.45, 7) is 5.90. The van der Waals surface area contributed by atoms with Crippen LogP contribution in [0.25, 0.3) is 0 Å². The molecule has 3 nitrogen and oxygen atoms in total. The molecule has 0 saturated carbocycles. The molecule has 4 atom stereocenters. The first-order valence-electron chi connectivity index (χ1n) is 6.68. The molecule has 1 aromatic carbocycles. The Morgan fingerprint density at radius 1 is 1.42 bits per heavy atom. The number of hydrogen-bond acceptors (Lipinski definition) is 3. The topological polar surface area (TPSA) is 35.5 Å². The Hall–Kier alpha value is -1.29. The van der Waals surface area contributed by atoms with Gasteiger partial charge in [0.25, 0.3) is 0 Å². The van der Waals surface area contributed by atoms with Crippen LogP contribution in [-0.2, 0) is 9.47 Å². The summed E-state index contributed by atoms with van der Waals surface area (Å²) in [5, 5.41) is 0. The van der Waals surface area contributed by atoms with E-state index in [1.54, 1.807) is 12.1 Å². The fourth-order valence-electron chi connectivity index (χ4n) is 2.50. The molecule has 1 aromatic rings. The molecule has 2 radical (unpaired) electrons. The van der Waals surface area contributed by atoms with Crippen LogP contribution in [0.4, 0.5) is 0 Å². The molecule has 0 unspecified atom stereocenters. The first-order valence-corrected chi connectivity index (χ1v) is 6.68. The molecule has 1 fully saturated rings. The van der Waals surface area contributed by atoms with Crippen LogP contribution in [0.2, 0.25) is 0 Å². The summed E-state index contributed by atoms with van der Waals surface area (Å²) in [5.41, 5.74) is -0.254. The van der Waals surface area contributed by atoms with Gasteiger partial charge in [0, 0.05) is 5.92 Å². The molecule has 19 heavy (non-hydrogen) atoms. The standard InChI is InChI=1S/C15H19BO3/c1-4-12-10(2)15(3,14(16)18-12)19-13(17)11-8-6-5-7-9-11/h5-10,12,14H,4H2,1-3H3/t10-,12-,14-,15-/m1/s1. The van der Waals surface area contributed by atoms with Gasteiger partial charge in [-0.3, -0.25) is 0 Å². The number of rotatable bonds is 3. The van der Waals surface area contributed by atoms with Gasteiger partial charge in [0.15, 0.2) is 0 Å². The lowest BCUT2D eigenvalue weighted by Crippen LogP contribution is -2.45. The Bertz CT molecular complexity index is 448. The van der Waals surface area contributed by atoms with Crippen LogP contribution in [0.5, 0.6) is 0 Å². The highest BCUT2D eigenvalue weighted by molar-refractivity contribution is 6.12. The third-order valence-corrected chi connectivity index (χ3v) is 4.07. The van der Waals surface area contributed by atoms with E-state index in [1.807, 2.05) is 39.0 Å². The van der Waals surface area contributed by atoms with E-state index in [4.69, 9.17) is 17.3 Å². The largest absolute Gasteiger partial charge is 0.453 e. The summed E-state index contributed by atoms with van der Waals surface area (Å²) in [6, 6.07) is 8.35. The first-order chi connectivity index (χ1) is 8.99. The van der Waals surface area contributed by atoms with Gasteiger partial charge in [0.1, 0.15) is 13.4 Å². The van der Waals surface area contributed by atoms with E-state index in [9.17, 15) is 4.79 Å². The second-order valence-corrected chi connectivity index (χ2v) is 5.23. The Morgan fingerprint density at radius 3 is 2.58 bits per heavy atom. The lowest BCUT2D eigenvalue weighted by atomic mass is 9.77. The lowest BCUT2D eigenvalue weighted by Gasteiger charge is -2.32. The second-order valence-electron chi connectivity index (χ2n) is 5.23. The van der Waals surface area contributed by atoms with Gasteiger partial charge >= 0.3 is 5.97 Å². The summed E-state index contributed by atoms with van der Waals surface area (Å²) < 4.78 is 11.3. The lowest BCUT2D eigenvalue weighted by molar-refractivity contribution is -0.0371. The van der Waals surface area contributed by atoms with Crippen molar-refractivity contribution in [2.45, 2.75) is 44.9 Å². The third kappa shape index (κ3) is 2.54. The summed E-state index contributed by atoms with van der Waals surface area (Å²) in [6.07, 6.45) is 0.886. The molecule has 4 heteroatoms. The van der Waals surface area contributed by atoms with E-state index in [0.29, 0.717) is 5.56 Å². The molecule has 0 bridgehead atoms. The van der Waals surface area contributed by atoms with Crippen LogP contribution in [0, 0.1) is 5.92 Å². The predicted octanol–water partition coefficient (Wildman–Crippen LogP) is 2.54. The van der Waals surface area contributed by atoms with Gasteiger partial charge in [-0.25, -0.2) is 4.79 Å². The number of benzene rings is 1. The van der Waals surface area contributed by atoms with Crippen LogP contribution >= 0.6 is 0 Å². The highest BCUT2D eigenvalue weighted by atomic mass is 16.6. The molecule has 0 amide bonds. The number of hydrogen-bond donors (Lipinski definition) is 0. The van der Waals surface area contributed by atoms with Crippen LogP contribution in [0.3, 0.4) is 0 Å². The molecule has 1 saturated heterocycles. The zero-order chi connectivity index (χ0) is 14.0. The smallest absolute Gasteiger partial charge is 0.338 e. The van der Waals surface area contributed by atoms with E-state index in [2.05, 4.69) is 0 Å². The molecule has 2 rings (SSSR count). The zero-order valence-corrected chi connectivity index (χ0v) is 11.6. The van der Waals surface area contributed by atoms with Crippen LogP contribution in [0.1, 0.15) is 37.6 Å². The molecule has 0 aromatic heterocycles. The zero-order valence-electron chi connectivity index (χ0n) is 11.6. The quantitative estimate of drug-likeness (QED) is 0.617. The van der Waals surface area contributed by atoms with Crippen molar-refractivity contribution in [2.75, 3.05) is 0 Å². The second kappa shape index (κ2) is 5.37. The van der Waals surface area contributed by atoms with Crippen molar-refractivity contribution < 1.29 is 14.3 Å². The molecule has 100 valence electrons. The molecule has 1 aliphatic rings. The number of ether oxygens (including phenoxy) is 2. The predicted molar refractivity (Wildman–Crippen MR) is 74.1 cm³/mol. The minimum Gasteiger partial charge on any atom is -0.453 e. The molecule has 1 heterocycles. The minimum absolute atomic E-state index is 0.0311. The van der Waals surface area contributed by atoms with E-state index in [-0.39, 0.29) is 18.0 Å². The first kappa shape index (κ1) is 14.1. The van der Waals surface area contributed by atoms with Crippen LogP contribution in [-0.4, -0.2) is 31.5 Å². The van der Waals surface area contributed by atoms with E-state index in [1.165, 1.54) is 0 Å². The highest BCUT2D eigenvalue weighted by Gasteiger charge is 2.50. The number of carbonyl (C=O) groups excluding carboxylic acids is 1. The maximum atomic E-state index is 12.2. The van der Waals surface area contributed by atoms with Gasteiger partial charge in [-0.15, -0.1) is 0 Å². The number of esters is 1. The van der Waals surface area contributed by atoms with Gasteiger partial charge in [-0.2, -0.15) is 0 Å². The average Bonchev–Trinajstić information content (AvgIpc) is 2.64. The van der Waals surface area contributed by atoms with Crippen LogP contribution in [0.15, 0.2) is 30.3 Å². The van der Waals surface area contributed by atoms with Gasteiger partial charge in [-0.1, -0.05) is 32.0 Å². The van der Waals surface area contributed by atoms with Crippen molar-refractivity contribution in [3.05, 3.63) is 35.9 Å². The average molecular weight is 258 g/mol. The fraction of sp³-hybridized carbons (Fsp3) is 0.533. The van der Waals surface area contributed by atoms with Crippen molar-refractivity contribution >= 4 is 13.8 Å². The van der Waals surface area contributed by atoms with Gasteiger partial charge in [0.2, 0.25) is 0 Å². The highest BCUT2D eigenvalue weighted by Crippen LogP contribution is 2.39.